The molecule has 0 aromatic carbocycles. The van der Waals surface area contributed by atoms with Crippen molar-refractivity contribution < 1.29 is 14.3 Å². The predicted octanol–water partition coefficient (Wildman–Crippen LogP) is 3.08. The van der Waals surface area contributed by atoms with Gasteiger partial charge in [-0.2, -0.15) is 0 Å². The Hall–Kier alpha value is -1.64. The minimum absolute atomic E-state index is 0.00777. The van der Waals surface area contributed by atoms with Gasteiger partial charge in [-0.3, -0.25) is 4.79 Å². The van der Waals surface area contributed by atoms with E-state index in [4.69, 9.17) is 4.74 Å². The van der Waals surface area contributed by atoms with E-state index in [-0.39, 0.29) is 23.1 Å². The number of fused-ring (bicyclic) bond motifs is 2. The quantitative estimate of drug-likeness (QED) is 0.679. The predicted molar refractivity (Wildman–Crippen MR) is 71.1 cm³/mol. The lowest BCUT2D eigenvalue weighted by molar-refractivity contribution is -0.133. The number of ether oxygens (including phenoxy) is 1. The fourth-order valence-corrected chi connectivity index (χ4v) is 3.38. The third-order valence-electron chi connectivity index (χ3n) is 4.92. The normalized spacial score (nSPS) is 33.5. The second kappa shape index (κ2) is 3.92. The average Bonchev–Trinajstić information content (AvgIpc) is 2.67. The molecule has 0 aromatic rings. The van der Waals surface area contributed by atoms with Crippen molar-refractivity contribution in [3.05, 3.63) is 34.6 Å². The first-order valence-corrected chi connectivity index (χ1v) is 6.87. The monoisotopic (exact) mass is 258 g/mol. The fraction of sp³-hybridized carbons (Fsp3) is 0.500. The highest BCUT2D eigenvalue weighted by Crippen LogP contribution is 2.52. The van der Waals surface area contributed by atoms with Gasteiger partial charge in [0.25, 0.3) is 0 Å². The van der Waals surface area contributed by atoms with Crippen LogP contribution in [0, 0.1) is 11.3 Å². The summed E-state index contributed by atoms with van der Waals surface area (Å²) in [6.07, 6.45) is 5.85. The van der Waals surface area contributed by atoms with Crippen LogP contribution in [-0.4, -0.2) is 11.8 Å². The summed E-state index contributed by atoms with van der Waals surface area (Å²) in [6.45, 7) is 6.09. The van der Waals surface area contributed by atoms with Crippen molar-refractivity contribution in [1.29, 1.82) is 0 Å². The Labute approximate surface area is 113 Å². The molecule has 0 fully saturated rings. The van der Waals surface area contributed by atoms with Crippen LogP contribution < -0.4 is 0 Å². The van der Waals surface area contributed by atoms with E-state index in [1.807, 2.05) is 26.0 Å². The van der Waals surface area contributed by atoms with Gasteiger partial charge in [0.05, 0.1) is 0 Å². The molecule has 0 unspecified atom stereocenters. The number of carbonyl (C=O) groups is 2. The highest BCUT2D eigenvalue weighted by Gasteiger charge is 2.46. The Balaban J connectivity index is 2.15. The van der Waals surface area contributed by atoms with Gasteiger partial charge in [0.15, 0.2) is 0 Å². The van der Waals surface area contributed by atoms with Crippen LogP contribution in [0.4, 0.5) is 0 Å². The SMILES string of the molecule is CCC1=C2C[C@@]3(C)C(=CCC(=O)[C@@H]3C)C=C2OC1=O. The van der Waals surface area contributed by atoms with Gasteiger partial charge in [-0.15, -0.1) is 0 Å². The highest BCUT2D eigenvalue weighted by atomic mass is 16.5. The van der Waals surface area contributed by atoms with Crippen LogP contribution >= 0.6 is 0 Å². The van der Waals surface area contributed by atoms with Crippen molar-refractivity contribution in [1.82, 2.24) is 0 Å². The fourth-order valence-electron chi connectivity index (χ4n) is 3.38. The third kappa shape index (κ3) is 1.57. The van der Waals surface area contributed by atoms with Gasteiger partial charge in [-0.1, -0.05) is 26.8 Å². The minimum atomic E-state index is -0.217. The van der Waals surface area contributed by atoms with Crippen LogP contribution in [0.5, 0.6) is 0 Å². The van der Waals surface area contributed by atoms with E-state index in [1.165, 1.54) is 0 Å². The topological polar surface area (TPSA) is 43.4 Å². The summed E-state index contributed by atoms with van der Waals surface area (Å²) in [7, 11) is 0. The Kier molecular flexibility index (Phi) is 2.56. The zero-order valence-corrected chi connectivity index (χ0v) is 11.6. The molecule has 0 saturated carbocycles. The maximum Gasteiger partial charge on any atom is 0.339 e. The summed E-state index contributed by atoms with van der Waals surface area (Å²) in [5.41, 5.74) is 2.73. The van der Waals surface area contributed by atoms with Crippen LogP contribution in [-0.2, 0) is 14.3 Å². The summed E-state index contributed by atoms with van der Waals surface area (Å²) in [5.74, 6) is 0.760. The van der Waals surface area contributed by atoms with Gasteiger partial charge in [0, 0.05) is 28.9 Å². The van der Waals surface area contributed by atoms with Gasteiger partial charge in [0.2, 0.25) is 0 Å². The summed E-state index contributed by atoms with van der Waals surface area (Å²) >= 11 is 0. The van der Waals surface area contributed by atoms with Crippen molar-refractivity contribution in [3.8, 4) is 0 Å². The number of ketones is 1. The van der Waals surface area contributed by atoms with Crippen molar-refractivity contribution in [2.45, 2.75) is 40.0 Å². The van der Waals surface area contributed by atoms with Gasteiger partial charge < -0.3 is 4.74 Å². The molecule has 0 spiro atoms. The molecule has 3 heteroatoms. The van der Waals surface area contributed by atoms with E-state index < -0.39 is 0 Å². The molecule has 19 heavy (non-hydrogen) atoms. The molecule has 1 aliphatic heterocycles. The molecule has 0 saturated heterocycles. The molecule has 0 radical (unpaired) electrons. The van der Waals surface area contributed by atoms with E-state index in [2.05, 4.69) is 6.92 Å². The summed E-state index contributed by atoms with van der Waals surface area (Å²) in [6, 6.07) is 0. The van der Waals surface area contributed by atoms with Crippen LogP contribution in [0.2, 0.25) is 0 Å². The van der Waals surface area contributed by atoms with E-state index in [0.717, 1.165) is 23.1 Å². The van der Waals surface area contributed by atoms with Crippen molar-refractivity contribution in [2.24, 2.45) is 11.3 Å². The van der Waals surface area contributed by atoms with Crippen LogP contribution in [0.15, 0.2) is 34.6 Å². The largest absolute Gasteiger partial charge is 0.423 e. The Morgan fingerprint density at radius 1 is 1.42 bits per heavy atom. The molecular formula is C16H18O3. The second-order valence-corrected chi connectivity index (χ2v) is 5.85. The minimum Gasteiger partial charge on any atom is -0.423 e. The molecule has 2 aliphatic carbocycles. The summed E-state index contributed by atoms with van der Waals surface area (Å²) < 4.78 is 5.35. The van der Waals surface area contributed by atoms with Crippen molar-refractivity contribution >= 4 is 11.8 Å². The number of hydrogen-bond acceptors (Lipinski definition) is 3. The highest BCUT2D eigenvalue weighted by molar-refractivity contribution is 5.95. The molecule has 2 atom stereocenters. The second-order valence-electron chi connectivity index (χ2n) is 5.85. The zero-order chi connectivity index (χ0) is 13.8. The molecule has 100 valence electrons. The van der Waals surface area contributed by atoms with Crippen LogP contribution in [0.25, 0.3) is 0 Å². The van der Waals surface area contributed by atoms with Gasteiger partial charge >= 0.3 is 5.97 Å². The number of carbonyl (C=O) groups excluding carboxylic acids is 2. The molecule has 0 bridgehead atoms. The van der Waals surface area contributed by atoms with Gasteiger partial charge in [-0.05, 0) is 24.5 Å². The van der Waals surface area contributed by atoms with Crippen LogP contribution in [0.1, 0.15) is 40.0 Å². The number of rotatable bonds is 1. The number of Topliss-reactive ketones (excluding diaryl/α,β-unsaturated/α-hetero) is 1. The number of esters is 1. The summed E-state index contributed by atoms with van der Waals surface area (Å²) in [5, 5.41) is 0. The van der Waals surface area contributed by atoms with Gasteiger partial charge in [-0.25, -0.2) is 4.79 Å². The lowest BCUT2D eigenvalue weighted by Crippen LogP contribution is -2.38. The lowest BCUT2D eigenvalue weighted by Gasteiger charge is -2.42. The van der Waals surface area contributed by atoms with E-state index in [9.17, 15) is 9.59 Å². The molecule has 0 aromatic heterocycles. The van der Waals surface area contributed by atoms with E-state index in [1.54, 1.807) is 0 Å². The molecular weight excluding hydrogens is 240 g/mol. The average molecular weight is 258 g/mol. The first kappa shape index (κ1) is 12.4. The maximum absolute atomic E-state index is 12.0. The molecule has 3 rings (SSSR count). The standard InChI is InChI=1S/C16H18O3/c1-4-11-12-8-16(3)9(2)13(17)6-5-10(16)7-14(12)19-15(11)18/h5,7,9H,4,6,8H2,1-3H3/t9-,16+/m0/s1. The Morgan fingerprint density at radius 3 is 2.84 bits per heavy atom. The number of allylic oxidation sites excluding steroid dienone is 4. The maximum atomic E-state index is 12.0. The first-order chi connectivity index (χ1) is 8.97. The molecule has 3 aliphatic rings. The molecule has 0 N–H and O–H groups in total. The Bertz CT molecular complexity index is 577. The van der Waals surface area contributed by atoms with Gasteiger partial charge in [0.1, 0.15) is 11.5 Å². The number of hydrogen-bond donors (Lipinski definition) is 0. The first-order valence-electron chi connectivity index (χ1n) is 6.87. The Morgan fingerprint density at radius 2 is 2.16 bits per heavy atom. The van der Waals surface area contributed by atoms with Crippen molar-refractivity contribution in [2.75, 3.05) is 0 Å². The van der Waals surface area contributed by atoms with Crippen LogP contribution in [0.3, 0.4) is 0 Å². The molecule has 3 nitrogen and oxygen atoms in total. The summed E-state index contributed by atoms with van der Waals surface area (Å²) in [4.78, 5) is 23.8. The zero-order valence-electron chi connectivity index (χ0n) is 11.6. The van der Waals surface area contributed by atoms with E-state index >= 15 is 0 Å². The lowest BCUT2D eigenvalue weighted by atomic mass is 9.61. The molecule has 0 amide bonds. The third-order valence-corrected chi connectivity index (χ3v) is 4.92. The van der Waals surface area contributed by atoms with E-state index in [0.29, 0.717) is 18.6 Å². The molecule has 1 heterocycles. The van der Waals surface area contributed by atoms with Crippen molar-refractivity contribution in [3.63, 3.8) is 0 Å². The smallest absolute Gasteiger partial charge is 0.339 e.